The fraction of sp³-hybridized carbons (Fsp3) is 0.462. The number of carbonyl (C=O) groups excluding carboxylic acids is 1. The third-order valence-electron chi connectivity index (χ3n) is 3.25. The van der Waals surface area contributed by atoms with Crippen molar-refractivity contribution in [2.75, 3.05) is 6.26 Å². The van der Waals surface area contributed by atoms with Gasteiger partial charge in [0.1, 0.15) is 4.75 Å². The Bertz CT molecular complexity index is 627. The molecule has 0 aromatic heterocycles. The second-order valence-electron chi connectivity index (χ2n) is 5.14. The van der Waals surface area contributed by atoms with Gasteiger partial charge in [-0.05, 0) is 38.5 Å². The van der Waals surface area contributed by atoms with Crippen molar-refractivity contribution in [2.24, 2.45) is 0 Å². The van der Waals surface area contributed by atoms with Crippen LogP contribution in [0.3, 0.4) is 0 Å². The number of carbonyl (C=O) groups is 1. The monoisotopic (exact) mass is 337 g/mol. The van der Waals surface area contributed by atoms with Gasteiger partial charge in [-0.3, -0.25) is 4.79 Å². The number of rotatable bonds is 4. The number of nitrogens with one attached hydrogen (secondary N) is 1. The van der Waals surface area contributed by atoms with E-state index in [0.29, 0.717) is 15.6 Å². The van der Waals surface area contributed by atoms with Gasteiger partial charge in [0, 0.05) is 16.3 Å². The number of sulfone groups is 1. The molecule has 4 nitrogen and oxygen atoms in total. The van der Waals surface area contributed by atoms with Crippen molar-refractivity contribution in [3.63, 3.8) is 0 Å². The van der Waals surface area contributed by atoms with E-state index in [2.05, 4.69) is 5.32 Å². The number of halogens is 2. The topological polar surface area (TPSA) is 63.2 Å². The number of benzene rings is 1. The Morgan fingerprint density at radius 2 is 1.85 bits per heavy atom. The van der Waals surface area contributed by atoms with Crippen molar-refractivity contribution in [3.05, 3.63) is 33.8 Å². The fourth-order valence-electron chi connectivity index (χ4n) is 1.47. The molecule has 7 heteroatoms. The second kappa shape index (κ2) is 5.92. The smallest absolute Gasteiger partial charge is 0.241 e. The molecule has 1 aromatic carbocycles. The van der Waals surface area contributed by atoms with Crippen LogP contribution in [0.2, 0.25) is 10.0 Å². The van der Waals surface area contributed by atoms with E-state index in [1.807, 2.05) is 0 Å². The molecule has 1 unspecified atom stereocenters. The van der Waals surface area contributed by atoms with Crippen LogP contribution in [-0.4, -0.2) is 25.3 Å². The number of amides is 1. The van der Waals surface area contributed by atoms with E-state index in [4.69, 9.17) is 23.2 Å². The van der Waals surface area contributed by atoms with Crippen molar-refractivity contribution >= 4 is 38.9 Å². The maximum atomic E-state index is 12.1. The third kappa shape index (κ3) is 3.65. The molecule has 0 bridgehead atoms. The van der Waals surface area contributed by atoms with E-state index >= 15 is 0 Å². The molecule has 0 aliphatic rings. The Morgan fingerprint density at radius 3 is 2.30 bits per heavy atom. The normalized spacial score (nSPS) is 13.9. The molecule has 1 amide bonds. The summed E-state index contributed by atoms with van der Waals surface area (Å²) in [5, 5.41) is 3.57. The van der Waals surface area contributed by atoms with Crippen molar-refractivity contribution in [1.82, 2.24) is 5.32 Å². The van der Waals surface area contributed by atoms with E-state index in [0.717, 1.165) is 6.26 Å². The van der Waals surface area contributed by atoms with E-state index < -0.39 is 26.5 Å². The highest BCUT2D eigenvalue weighted by molar-refractivity contribution is 7.92. The molecular formula is C13H17Cl2NO3S. The molecule has 1 atom stereocenters. The van der Waals surface area contributed by atoms with Crippen molar-refractivity contribution in [3.8, 4) is 0 Å². The maximum Gasteiger partial charge on any atom is 0.241 e. The highest BCUT2D eigenvalue weighted by atomic mass is 35.5. The first-order valence-corrected chi connectivity index (χ1v) is 8.57. The molecule has 0 saturated heterocycles. The van der Waals surface area contributed by atoms with Crippen LogP contribution in [0, 0.1) is 0 Å². The first kappa shape index (κ1) is 17.3. The minimum absolute atomic E-state index is 0.419. The highest BCUT2D eigenvalue weighted by Gasteiger charge is 2.39. The van der Waals surface area contributed by atoms with E-state index in [9.17, 15) is 13.2 Å². The van der Waals surface area contributed by atoms with E-state index in [1.165, 1.54) is 13.8 Å². The van der Waals surface area contributed by atoms with Crippen LogP contribution in [0.25, 0.3) is 0 Å². The molecule has 0 aliphatic carbocycles. The predicted molar refractivity (Wildman–Crippen MR) is 81.9 cm³/mol. The lowest BCUT2D eigenvalue weighted by Gasteiger charge is -2.24. The standard InChI is InChI=1S/C13H17Cl2NO3S/c1-8(10-6-5-9(14)7-11(10)15)16-12(17)13(2,3)20(4,18)19/h5-8H,1-4H3,(H,16,17). The molecule has 0 radical (unpaired) electrons. The SMILES string of the molecule is CC(NC(=O)C(C)(C)S(C)(=O)=O)c1ccc(Cl)cc1Cl. The van der Waals surface area contributed by atoms with Crippen LogP contribution in [0.4, 0.5) is 0 Å². The molecule has 112 valence electrons. The van der Waals surface area contributed by atoms with Gasteiger partial charge in [-0.25, -0.2) is 8.42 Å². The lowest BCUT2D eigenvalue weighted by atomic mass is 10.1. The van der Waals surface area contributed by atoms with Gasteiger partial charge in [0.05, 0.1) is 6.04 Å². The molecule has 0 heterocycles. The summed E-state index contributed by atoms with van der Waals surface area (Å²) in [6, 6.07) is 4.51. The quantitative estimate of drug-likeness (QED) is 0.918. The molecule has 0 spiro atoms. The number of hydrogen-bond donors (Lipinski definition) is 1. The van der Waals surface area contributed by atoms with Gasteiger partial charge < -0.3 is 5.32 Å². The molecule has 0 saturated carbocycles. The Labute approximate surface area is 129 Å². The summed E-state index contributed by atoms with van der Waals surface area (Å²) in [7, 11) is -3.51. The van der Waals surface area contributed by atoms with Gasteiger partial charge in [0.15, 0.2) is 9.84 Å². The summed E-state index contributed by atoms with van der Waals surface area (Å²) in [5.74, 6) is -0.571. The van der Waals surface area contributed by atoms with Gasteiger partial charge >= 0.3 is 0 Å². The highest BCUT2D eigenvalue weighted by Crippen LogP contribution is 2.27. The van der Waals surface area contributed by atoms with Crippen LogP contribution in [-0.2, 0) is 14.6 Å². The minimum atomic E-state index is -3.51. The minimum Gasteiger partial charge on any atom is -0.348 e. The molecule has 1 aromatic rings. The third-order valence-corrected chi connectivity index (χ3v) is 5.85. The summed E-state index contributed by atoms with van der Waals surface area (Å²) in [6.07, 6.45) is 1.03. The van der Waals surface area contributed by atoms with E-state index in [-0.39, 0.29) is 0 Å². The summed E-state index contributed by atoms with van der Waals surface area (Å²) in [4.78, 5) is 12.1. The first-order valence-electron chi connectivity index (χ1n) is 5.92. The number of hydrogen-bond acceptors (Lipinski definition) is 3. The van der Waals surface area contributed by atoms with Gasteiger partial charge in [0.2, 0.25) is 5.91 Å². The van der Waals surface area contributed by atoms with Crippen LogP contribution in [0.5, 0.6) is 0 Å². The Hall–Kier alpha value is -0.780. The molecule has 0 aliphatic heterocycles. The average molecular weight is 338 g/mol. The molecule has 1 rings (SSSR count). The summed E-state index contributed by atoms with van der Waals surface area (Å²) < 4.78 is 21.7. The largest absolute Gasteiger partial charge is 0.348 e. The molecule has 0 fully saturated rings. The van der Waals surface area contributed by atoms with Crippen LogP contribution in [0.15, 0.2) is 18.2 Å². The predicted octanol–water partition coefficient (Wildman–Crippen LogP) is 2.99. The lowest BCUT2D eigenvalue weighted by Crippen LogP contribution is -2.48. The zero-order valence-electron chi connectivity index (χ0n) is 11.7. The van der Waals surface area contributed by atoms with Crippen LogP contribution < -0.4 is 5.32 Å². The lowest BCUT2D eigenvalue weighted by molar-refractivity contribution is -0.123. The Morgan fingerprint density at radius 1 is 1.30 bits per heavy atom. The summed E-state index contributed by atoms with van der Waals surface area (Å²) in [5.41, 5.74) is 0.675. The van der Waals surface area contributed by atoms with E-state index in [1.54, 1.807) is 25.1 Å². The van der Waals surface area contributed by atoms with Crippen molar-refractivity contribution in [2.45, 2.75) is 31.6 Å². The fourth-order valence-corrected chi connectivity index (χ4v) is 2.44. The van der Waals surface area contributed by atoms with Gasteiger partial charge in [0.25, 0.3) is 0 Å². The summed E-state index contributed by atoms with van der Waals surface area (Å²) in [6.45, 7) is 4.47. The van der Waals surface area contributed by atoms with Crippen LogP contribution >= 0.6 is 23.2 Å². The maximum absolute atomic E-state index is 12.1. The Kier molecular flexibility index (Phi) is 5.11. The van der Waals surface area contributed by atoms with Gasteiger partial charge in [-0.1, -0.05) is 29.3 Å². The zero-order chi connectivity index (χ0) is 15.7. The van der Waals surface area contributed by atoms with Crippen LogP contribution in [0.1, 0.15) is 32.4 Å². The van der Waals surface area contributed by atoms with Gasteiger partial charge in [-0.2, -0.15) is 0 Å². The Balaban J connectivity index is 2.96. The molecular weight excluding hydrogens is 321 g/mol. The summed E-state index contributed by atoms with van der Waals surface area (Å²) >= 11 is 11.9. The van der Waals surface area contributed by atoms with Crippen molar-refractivity contribution < 1.29 is 13.2 Å². The average Bonchev–Trinajstić information content (AvgIpc) is 2.26. The zero-order valence-corrected chi connectivity index (χ0v) is 14.0. The van der Waals surface area contributed by atoms with Gasteiger partial charge in [-0.15, -0.1) is 0 Å². The van der Waals surface area contributed by atoms with Crippen molar-refractivity contribution in [1.29, 1.82) is 0 Å². The first-order chi connectivity index (χ1) is 8.96. The molecule has 1 N–H and O–H groups in total. The second-order valence-corrected chi connectivity index (χ2v) is 8.55. The molecule has 20 heavy (non-hydrogen) atoms.